The van der Waals surface area contributed by atoms with E-state index in [2.05, 4.69) is 53.1 Å². The van der Waals surface area contributed by atoms with Crippen molar-refractivity contribution in [3.05, 3.63) is 22.3 Å². The summed E-state index contributed by atoms with van der Waals surface area (Å²) in [5, 5.41) is 3.87. The van der Waals surface area contributed by atoms with Crippen molar-refractivity contribution in [1.82, 2.24) is 4.98 Å². The minimum absolute atomic E-state index is 0.272. The maximum absolute atomic E-state index is 4.64. The molecular formula is C18H25BrN2. The van der Waals surface area contributed by atoms with E-state index in [1.165, 1.54) is 44.1 Å². The molecule has 4 fully saturated rings. The summed E-state index contributed by atoms with van der Waals surface area (Å²) in [4.78, 5) is 4.64. The lowest BCUT2D eigenvalue weighted by Gasteiger charge is -2.65. The number of anilines is 1. The van der Waals surface area contributed by atoms with E-state index < -0.39 is 0 Å². The number of halogens is 1. The summed E-state index contributed by atoms with van der Waals surface area (Å²) in [6.07, 6.45) is 10.2. The fourth-order valence-corrected chi connectivity index (χ4v) is 7.03. The third-order valence-electron chi connectivity index (χ3n) is 5.99. The summed E-state index contributed by atoms with van der Waals surface area (Å²) < 4.78 is 1.11. The smallest absolute Gasteiger partial charge is 0.140 e. The summed E-state index contributed by atoms with van der Waals surface area (Å²) in [7, 11) is 0. The maximum atomic E-state index is 4.64. The molecule has 1 aromatic heterocycles. The second-order valence-corrected chi connectivity index (χ2v) is 9.73. The first-order valence-corrected chi connectivity index (χ1v) is 8.99. The first-order chi connectivity index (χ1) is 9.79. The van der Waals surface area contributed by atoms with Gasteiger partial charge in [0, 0.05) is 11.7 Å². The highest BCUT2D eigenvalue weighted by atomic mass is 79.9. The molecule has 0 saturated heterocycles. The quantitative estimate of drug-likeness (QED) is 0.782. The molecule has 4 saturated carbocycles. The average molecular weight is 349 g/mol. The Morgan fingerprint density at radius 3 is 2.38 bits per heavy atom. The molecule has 114 valence electrons. The van der Waals surface area contributed by atoms with Gasteiger partial charge >= 0.3 is 0 Å². The number of aryl methyl sites for hydroxylation is 1. The van der Waals surface area contributed by atoms with Crippen LogP contribution in [0.4, 0.5) is 5.82 Å². The average Bonchev–Trinajstić information content (AvgIpc) is 2.28. The van der Waals surface area contributed by atoms with Gasteiger partial charge in [-0.05, 0) is 89.8 Å². The van der Waals surface area contributed by atoms with Gasteiger partial charge in [-0.3, -0.25) is 0 Å². The van der Waals surface area contributed by atoms with Crippen LogP contribution in [-0.2, 0) is 0 Å². The van der Waals surface area contributed by atoms with Gasteiger partial charge in [0.15, 0.2) is 0 Å². The number of aromatic nitrogens is 1. The van der Waals surface area contributed by atoms with Crippen molar-refractivity contribution in [2.45, 2.75) is 64.8 Å². The van der Waals surface area contributed by atoms with Gasteiger partial charge < -0.3 is 5.32 Å². The Morgan fingerprint density at radius 1 is 1.14 bits per heavy atom. The lowest BCUT2D eigenvalue weighted by atomic mass is 9.43. The van der Waals surface area contributed by atoms with Crippen LogP contribution in [0.1, 0.15) is 57.9 Å². The molecule has 2 unspecified atom stereocenters. The lowest BCUT2D eigenvalue weighted by Crippen LogP contribution is -2.61. The van der Waals surface area contributed by atoms with Crippen LogP contribution in [0.3, 0.4) is 0 Å². The molecule has 2 nitrogen and oxygen atoms in total. The molecule has 21 heavy (non-hydrogen) atoms. The molecule has 1 aromatic rings. The van der Waals surface area contributed by atoms with E-state index in [0.29, 0.717) is 10.8 Å². The molecule has 0 spiro atoms. The summed E-state index contributed by atoms with van der Waals surface area (Å²) in [6, 6.07) is 2.17. The molecule has 2 atom stereocenters. The Labute approximate surface area is 136 Å². The molecule has 1 N–H and O–H groups in total. The summed E-state index contributed by atoms with van der Waals surface area (Å²) in [5.74, 6) is 1.95. The van der Waals surface area contributed by atoms with Gasteiger partial charge in [-0.1, -0.05) is 13.8 Å². The Balaban J connectivity index is 1.68. The Kier molecular flexibility index (Phi) is 2.84. The molecule has 4 aliphatic carbocycles. The zero-order chi connectivity index (χ0) is 14.9. The molecule has 0 aliphatic heterocycles. The topological polar surface area (TPSA) is 24.9 Å². The monoisotopic (exact) mass is 348 g/mol. The minimum Gasteiger partial charge on any atom is -0.364 e. The Hall–Kier alpha value is -0.570. The highest BCUT2D eigenvalue weighted by Crippen LogP contribution is 2.66. The van der Waals surface area contributed by atoms with Crippen LogP contribution in [0.5, 0.6) is 0 Å². The highest BCUT2D eigenvalue weighted by molar-refractivity contribution is 9.10. The second kappa shape index (κ2) is 4.24. The summed E-state index contributed by atoms with van der Waals surface area (Å²) >= 11 is 3.69. The normalized spacial score (nSPS) is 44.1. The minimum atomic E-state index is 0.272. The third-order valence-corrected chi connectivity index (χ3v) is 6.59. The lowest BCUT2D eigenvalue weighted by molar-refractivity contribution is -0.0974. The van der Waals surface area contributed by atoms with E-state index in [-0.39, 0.29) is 5.54 Å². The molecule has 4 aliphatic rings. The van der Waals surface area contributed by atoms with Gasteiger partial charge in [0.25, 0.3) is 0 Å². The molecule has 4 bridgehead atoms. The summed E-state index contributed by atoms with van der Waals surface area (Å²) in [6.45, 7) is 7.13. The first-order valence-electron chi connectivity index (χ1n) is 8.19. The van der Waals surface area contributed by atoms with Crippen LogP contribution >= 0.6 is 15.9 Å². The van der Waals surface area contributed by atoms with E-state index in [9.17, 15) is 0 Å². The predicted molar refractivity (Wildman–Crippen MR) is 90.4 cm³/mol. The second-order valence-electron chi connectivity index (χ2n) is 8.88. The van der Waals surface area contributed by atoms with Crippen LogP contribution in [0.25, 0.3) is 0 Å². The molecule has 1 heterocycles. The number of hydrogen-bond donors (Lipinski definition) is 1. The van der Waals surface area contributed by atoms with E-state index in [0.717, 1.165) is 16.2 Å². The van der Waals surface area contributed by atoms with Crippen molar-refractivity contribution in [2.24, 2.45) is 16.7 Å². The van der Waals surface area contributed by atoms with Crippen molar-refractivity contribution in [3.63, 3.8) is 0 Å². The van der Waals surface area contributed by atoms with E-state index in [1.54, 1.807) is 0 Å². The van der Waals surface area contributed by atoms with E-state index >= 15 is 0 Å². The third kappa shape index (κ3) is 2.32. The molecular weight excluding hydrogens is 324 g/mol. The van der Waals surface area contributed by atoms with Gasteiger partial charge in [0.1, 0.15) is 5.82 Å². The zero-order valence-corrected chi connectivity index (χ0v) is 14.9. The molecule has 0 amide bonds. The maximum Gasteiger partial charge on any atom is 0.140 e. The fraction of sp³-hybridized carbons (Fsp3) is 0.722. The van der Waals surface area contributed by atoms with Crippen LogP contribution in [0.2, 0.25) is 0 Å². The van der Waals surface area contributed by atoms with Crippen LogP contribution in [0.15, 0.2) is 16.7 Å². The van der Waals surface area contributed by atoms with Crippen molar-refractivity contribution < 1.29 is 0 Å². The molecule has 0 aromatic carbocycles. The van der Waals surface area contributed by atoms with E-state index in [1.807, 2.05) is 6.20 Å². The molecule has 3 heteroatoms. The number of nitrogens with one attached hydrogen (secondary N) is 1. The molecule has 0 radical (unpaired) electrons. The van der Waals surface area contributed by atoms with Gasteiger partial charge in [-0.15, -0.1) is 0 Å². The van der Waals surface area contributed by atoms with Crippen molar-refractivity contribution in [3.8, 4) is 0 Å². The first kappa shape index (κ1) is 14.0. The van der Waals surface area contributed by atoms with Crippen molar-refractivity contribution in [1.29, 1.82) is 0 Å². The summed E-state index contributed by atoms with van der Waals surface area (Å²) in [5.41, 5.74) is 2.56. The number of rotatable bonds is 2. The predicted octanol–water partition coefficient (Wildman–Crippen LogP) is 5.31. The van der Waals surface area contributed by atoms with Crippen LogP contribution in [0, 0.1) is 23.7 Å². The van der Waals surface area contributed by atoms with E-state index in [4.69, 9.17) is 0 Å². The number of pyridine rings is 1. The van der Waals surface area contributed by atoms with Crippen LogP contribution in [-0.4, -0.2) is 10.5 Å². The molecule has 5 rings (SSSR count). The van der Waals surface area contributed by atoms with Gasteiger partial charge in [0.05, 0.1) is 4.47 Å². The van der Waals surface area contributed by atoms with Gasteiger partial charge in [-0.25, -0.2) is 4.98 Å². The fourth-order valence-electron chi connectivity index (χ4n) is 6.46. The SMILES string of the molecule is Cc1cnc(NC23CC4CC(C)(CC(C)(C4)C2)C3)c(Br)c1. The number of nitrogens with zero attached hydrogens (tertiary/aromatic N) is 1. The van der Waals surface area contributed by atoms with Crippen LogP contribution < -0.4 is 5.32 Å². The largest absolute Gasteiger partial charge is 0.364 e. The number of hydrogen-bond acceptors (Lipinski definition) is 2. The zero-order valence-electron chi connectivity index (χ0n) is 13.3. The van der Waals surface area contributed by atoms with Crippen molar-refractivity contribution in [2.75, 3.05) is 5.32 Å². The standard InChI is InChI=1S/C18H25BrN2/c1-12-4-14(19)15(20-8-12)21-18-7-13-5-16(2,10-18)9-17(3,6-13)11-18/h4,8,13H,5-7,9-11H2,1-3H3,(H,20,21). The van der Waals surface area contributed by atoms with Crippen molar-refractivity contribution >= 4 is 21.7 Å². The Morgan fingerprint density at radius 2 is 1.81 bits per heavy atom. The van der Waals surface area contributed by atoms with Gasteiger partial charge in [0.2, 0.25) is 0 Å². The Bertz CT molecular complexity index is 579. The van der Waals surface area contributed by atoms with Gasteiger partial charge in [-0.2, -0.15) is 0 Å². The highest BCUT2D eigenvalue weighted by Gasteiger charge is 2.60.